The SMILES string of the molecule is CC1(C)C2CNCC2CN1Cc1ccc(C#N)cc1Cl. The van der Waals surface area contributed by atoms with Gasteiger partial charge in [0.05, 0.1) is 11.6 Å². The molecule has 0 bridgehead atoms. The van der Waals surface area contributed by atoms with Gasteiger partial charge in [0.15, 0.2) is 0 Å². The Balaban J connectivity index is 1.80. The average molecular weight is 290 g/mol. The fourth-order valence-corrected chi connectivity index (χ4v) is 3.96. The Morgan fingerprint density at radius 3 is 2.90 bits per heavy atom. The van der Waals surface area contributed by atoms with Gasteiger partial charge in [0, 0.05) is 30.2 Å². The highest BCUT2D eigenvalue weighted by atomic mass is 35.5. The van der Waals surface area contributed by atoms with E-state index in [0.29, 0.717) is 10.6 Å². The highest BCUT2D eigenvalue weighted by Gasteiger charge is 2.49. The van der Waals surface area contributed by atoms with Crippen molar-refractivity contribution in [3.8, 4) is 6.07 Å². The Morgan fingerprint density at radius 1 is 1.45 bits per heavy atom. The maximum absolute atomic E-state index is 8.90. The molecule has 2 heterocycles. The summed E-state index contributed by atoms with van der Waals surface area (Å²) in [7, 11) is 0. The number of likely N-dealkylation sites (tertiary alicyclic amines) is 1. The number of nitriles is 1. The largest absolute Gasteiger partial charge is 0.316 e. The standard InChI is InChI=1S/C16H20ClN3/c1-16(2)14-8-19-7-13(14)10-20(16)9-12-4-3-11(6-18)5-15(12)17/h3-5,13-14,19H,7-10H2,1-2H3. The van der Waals surface area contributed by atoms with Gasteiger partial charge in [-0.25, -0.2) is 0 Å². The van der Waals surface area contributed by atoms with Gasteiger partial charge in [0.1, 0.15) is 0 Å². The minimum atomic E-state index is 0.200. The monoisotopic (exact) mass is 289 g/mol. The summed E-state index contributed by atoms with van der Waals surface area (Å²) in [6.45, 7) is 8.91. The molecule has 2 fully saturated rings. The van der Waals surface area contributed by atoms with Gasteiger partial charge >= 0.3 is 0 Å². The van der Waals surface area contributed by atoms with Crippen molar-refractivity contribution < 1.29 is 0 Å². The Morgan fingerprint density at radius 2 is 2.25 bits per heavy atom. The number of hydrogen-bond acceptors (Lipinski definition) is 3. The van der Waals surface area contributed by atoms with Crippen molar-refractivity contribution in [2.45, 2.75) is 25.9 Å². The first-order chi connectivity index (χ1) is 9.52. The number of nitrogens with zero attached hydrogens (tertiary/aromatic N) is 2. The molecular formula is C16H20ClN3. The van der Waals surface area contributed by atoms with Crippen LogP contribution in [0.3, 0.4) is 0 Å². The number of nitrogens with one attached hydrogen (secondary N) is 1. The molecule has 106 valence electrons. The third-order valence-corrected chi connectivity index (χ3v) is 5.41. The second-order valence-corrected chi connectivity index (χ2v) is 6.88. The minimum Gasteiger partial charge on any atom is -0.316 e. The third-order valence-electron chi connectivity index (χ3n) is 5.06. The van der Waals surface area contributed by atoms with Crippen molar-refractivity contribution in [1.29, 1.82) is 5.26 Å². The first-order valence-electron chi connectivity index (χ1n) is 7.16. The lowest BCUT2D eigenvalue weighted by Crippen LogP contribution is -2.43. The summed E-state index contributed by atoms with van der Waals surface area (Å²) in [5.41, 5.74) is 1.94. The van der Waals surface area contributed by atoms with Crippen molar-refractivity contribution in [1.82, 2.24) is 10.2 Å². The predicted octanol–water partition coefficient (Wildman–Crippen LogP) is 2.64. The van der Waals surface area contributed by atoms with Crippen LogP contribution in [0.15, 0.2) is 18.2 Å². The Labute approximate surface area is 125 Å². The lowest BCUT2D eigenvalue weighted by Gasteiger charge is -2.35. The summed E-state index contributed by atoms with van der Waals surface area (Å²) < 4.78 is 0. The third kappa shape index (κ3) is 2.22. The highest BCUT2D eigenvalue weighted by molar-refractivity contribution is 6.31. The second-order valence-electron chi connectivity index (χ2n) is 6.48. The Bertz CT molecular complexity index is 561. The average Bonchev–Trinajstić information content (AvgIpc) is 2.96. The van der Waals surface area contributed by atoms with Crippen LogP contribution in [-0.4, -0.2) is 30.1 Å². The summed E-state index contributed by atoms with van der Waals surface area (Å²) in [5.74, 6) is 1.47. The number of benzene rings is 1. The number of rotatable bonds is 2. The summed E-state index contributed by atoms with van der Waals surface area (Å²) in [4.78, 5) is 2.54. The maximum Gasteiger partial charge on any atom is 0.0992 e. The molecule has 2 aliphatic heterocycles. The van der Waals surface area contributed by atoms with Gasteiger partial charge in [-0.1, -0.05) is 17.7 Å². The molecule has 0 aromatic heterocycles. The molecule has 1 N–H and O–H groups in total. The molecular weight excluding hydrogens is 270 g/mol. The quantitative estimate of drug-likeness (QED) is 0.910. The Hall–Kier alpha value is -1.08. The normalized spacial score (nSPS) is 28.3. The van der Waals surface area contributed by atoms with Crippen LogP contribution in [0.25, 0.3) is 0 Å². The van der Waals surface area contributed by atoms with E-state index in [1.54, 1.807) is 6.07 Å². The summed E-state index contributed by atoms with van der Waals surface area (Å²) in [6.07, 6.45) is 0. The van der Waals surface area contributed by atoms with Crippen LogP contribution < -0.4 is 5.32 Å². The van der Waals surface area contributed by atoms with Gasteiger partial charge in [-0.05, 0) is 49.9 Å². The topological polar surface area (TPSA) is 39.1 Å². The molecule has 20 heavy (non-hydrogen) atoms. The van der Waals surface area contributed by atoms with E-state index in [0.717, 1.165) is 43.6 Å². The summed E-state index contributed by atoms with van der Waals surface area (Å²) in [5, 5.41) is 13.1. The zero-order chi connectivity index (χ0) is 14.3. The van der Waals surface area contributed by atoms with E-state index in [4.69, 9.17) is 16.9 Å². The molecule has 3 nitrogen and oxygen atoms in total. The van der Waals surface area contributed by atoms with Crippen LogP contribution >= 0.6 is 11.6 Å². The first kappa shape index (κ1) is 13.9. The summed E-state index contributed by atoms with van der Waals surface area (Å²) >= 11 is 6.31. The summed E-state index contributed by atoms with van der Waals surface area (Å²) in [6, 6.07) is 7.74. The zero-order valence-corrected chi connectivity index (χ0v) is 12.7. The maximum atomic E-state index is 8.90. The molecule has 3 rings (SSSR count). The Kier molecular flexibility index (Phi) is 3.50. The fourth-order valence-electron chi connectivity index (χ4n) is 3.72. The van der Waals surface area contributed by atoms with E-state index < -0.39 is 0 Å². The number of hydrogen-bond donors (Lipinski definition) is 1. The van der Waals surface area contributed by atoms with Crippen molar-refractivity contribution in [3.63, 3.8) is 0 Å². The molecule has 2 atom stereocenters. The van der Waals surface area contributed by atoms with Gasteiger partial charge in [-0.15, -0.1) is 0 Å². The van der Waals surface area contributed by atoms with Crippen molar-refractivity contribution in [3.05, 3.63) is 34.3 Å². The van der Waals surface area contributed by atoms with Crippen LogP contribution in [0.4, 0.5) is 0 Å². The molecule has 1 aromatic carbocycles. The highest BCUT2D eigenvalue weighted by Crippen LogP contribution is 2.41. The lowest BCUT2D eigenvalue weighted by atomic mass is 9.85. The molecule has 2 aliphatic rings. The molecule has 0 aliphatic carbocycles. The van der Waals surface area contributed by atoms with Crippen LogP contribution in [0.1, 0.15) is 25.0 Å². The lowest BCUT2D eigenvalue weighted by molar-refractivity contribution is 0.132. The van der Waals surface area contributed by atoms with E-state index in [-0.39, 0.29) is 5.54 Å². The van der Waals surface area contributed by atoms with E-state index in [9.17, 15) is 0 Å². The fraction of sp³-hybridized carbons (Fsp3) is 0.562. The molecule has 0 spiro atoms. The van der Waals surface area contributed by atoms with Crippen molar-refractivity contribution in [2.24, 2.45) is 11.8 Å². The predicted molar refractivity (Wildman–Crippen MR) is 80.5 cm³/mol. The minimum absolute atomic E-state index is 0.200. The van der Waals surface area contributed by atoms with Crippen LogP contribution in [0, 0.1) is 23.2 Å². The zero-order valence-electron chi connectivity index (χ0n) is 12.0. The van der Waals surface area contributed by atoms with Crippen molar-refractivity contribution >= 4 is 11.6 Å². The van der Waals surface area contributed by atoms with E-state index in [1.807, 2.05) is 12.1 Å². The molecule has 2 unspecified atom stereocenters. The van der Waals surface area contributed by atoms with Gasteiger partial charge in [0.2, 0.25) is 0 Å². The van der Waals surface area contributed by atoms with Crippen LogP contribution in [0.5, 0.6) is 0 Å². The van der Waals surface area contributed by atoms with E-state index in [1.165, 1.54) is 0 Å². The van der Waals surface area contributed by atoms with E-state index in [2.05, 4.69) is 30.1 Å². The van der Waals surface area contributed by atoms with Gasteiger partial charge in [-0.3, -0.25) is 4.90 Å². The smallest absolute Gasteiger partial charge is 0.0992 e. The number of halogens is 1. The molecule has 0 amide bonds. The molecule has 0 saturated carbocycles. The molecule has 1 aromatic rings. The van der Waals surface area contributed by atoms with Gasteiger partial charge in [-0.2, -0.15) is 5.26 Å². The van der Waals surface area contributed by atoms with Gasteiger partial charge < -0.3 is 5.32 Å². The van der Waals surface area contributed by atoms with E-state index >= 15 is 0 Å². The molecule has 4 heteroatoms. The van der Waals surface area contributed by atoms with Crippen LogP contribution in [-0.2, 0) is 6.54 Å². The van der Waals surface area contributed by atoms with Gasteiger partial charge in [0.25, 0.3) is 0 Å². The molecule has 0 radical (unpaired) electrons. The van der Waals surface area contributed by atoms with Crippen LogP contribution in [0.2, 0.25) is 5.02 Å². The second kappa shape index (κ2) is 5.04. The molecule has 2 saturated heterocycles. The number of fused-ring (bicyclic) bond motifs is 1. The van der Waals surface area contributed by atoms with Crippen molar-refractivity contribution in [2.75, 3.05) is 19.6 Å². The first-order valence-corrected chi connectivity index (χ1v) is 7.54.